The minimum Gasteiger partial charge on any atom is -0.374 e. The smallest absolute Gasteiger partial charge is 0.187 e. The summed E-state index contributed by atoms with van der Waals surface area (Å²) in [7, 11) is 0. The van der Waals surface area contributed by atoms with Gasteiger partial charge in [-0.2, -0.15) is 0 Å². The van der Waals surface area contributed by atoms with Crippen LogP contribution >= 0.6 is 0 Å². The standard InChI is InChI=1S/C44H32N4O2/c49-37-25-35-39(27-13-5-1-6-14-27)31-21-23-33(45-31)41(29-17-9-3-10-18-29)44-38(50)26-36(48-44)40(28-15-7-2-8-16-28)32-22-24-34(46-32)42(43(37)47-35)30-19-11-4-12-20-30/h1-24,43,45-47H,25-26H2/b39-35-,40-32-,42-34-,44-41-. The second-order valence-electron chi connectivity index (χ2n) is 12.8. The molecule has 5 heterocycles. The number of rotatable bonds is 4. The molecule has 3 aliphatic heterocycles. The van der Waals surface area contributed by atoms with Gasteiger partial charge in [-0.3, -0.25) is 9.59 Å². The Bertz CT molecular complexity index is 2520. The number of Topliss-reactive ketones (excluding diaryl/α,β-unsaturated/α-hetero) is 2. The number of aliphatic imine (C=N–C) groups is 1. The van der Waals surface area contributed by atoms with Gasteiger partial charge < -0.3 is 15.3 Å². The minimum absolute atomic E-state index is 0.0379. The molecule has 8 bridgehead atoms. The van der Waals surface area contributed by atoms with Gasteiger partial charge in [0.05, 0.1) is 12.1 Å². The van der Waals surface area contributed by atoms with Crippen molar-refractivity contribution in [2.75, 3.05) is 0 Å². The van der Waals surface area contributed by atoms with Crippen LogP contribution in [0.25, 0.3) is 22.3 Å². The van der Waals surface area contributed by atoms with E-state index in [0.717, 1.165) is 72.3 Å². The van der Waals surface area contributed by atoms with Crippen LogP contribution in [0.1, 0.15) is 46.5 Å². The Kier molecular flexibility index (Phi) is 7.20. The van der Waals surface area contributed by atoms with Crippen molar-refractivity contribution in [2.24, 2.45) is 4.99 Å². The molecular formula is C44H32N4O2. The number of fused-ring (bicyclic) bond motifs is 7. The van der Waals surface area contributed by atoms with Gasteiger partial charge in [-0.1, -0.05) is 121 Å². The van der Waals surface area contributed by atoms with E-state index in [0.29, 0.717) is 11.4 Å². The molecule has 6 heteroatoms. The van der Waals surface area contributed by atoms with Gasteiger partial charge in [-0.05, 0) is 46.5 Å². The van der Waals surface area contributed by atoms with Gasteiger partial charge in [0.15, 0.2) is 11.6 Å². The Labute approximate surface area is 289 Å². The van der Waals surface area contributed by atoms with Gasteiger partial charge in [0.1, 0.15) is 11.7 Å². The summed E-state index contributed by atoms with van der Waals surface area (Å²) in [5, 5.41) is 5.35. The van der Waals surface area contributed by atoms with E-state index in [1.165, 1.54) is 0 Å². The highest BCUT2D eigenvalue weighted by atomic mass is 16.1. The van der Waals surface area contributed by atoms with E-state index in [4.69, 9.17) is 4.99 Å². The summed E-state index contributed by atoms with van der Waals surface area (Å²) in [6, 6.07) is 47.8. The molecule has 2 aromatic heterocycles. The Morgan fingerprint density at radius 2 is 1.02 bits per heavy atom. The van der Waals surface area contributed by atoms with Gasteiger partial charge in [-0.25, -0.2) is 4.99 Å². The SMILES string of the molecule is O=C1CC2=NC/1=C(/c1ccccc1)c1ccc([nH]1)/C(c1ccccc1)=C1/CC(=O)C(N1)/C(c1ccccc1)=c1/cc/c([nH]1)=C/2c1ccccc1. The third kappa shape index (κ3) is 5.09. The number of aromatic nitrogens is 2. The van der Waals surface area contributed by atoms with Crippen LogP contribution in [0.5, 0.6) is 0 Å². The van der Waals surface area contributed by atoms with Crippen molar-refractivity contribution in [3.05, 3.63) is 201 Å². The quantitative estimate of drug-likeness (QED) is 0.209. The number of nitrogens with zero attached hydrogens (tertiary/aromatic N) is 1. The summed E-state index contributed by atoms with van der Waals surface area (Å²) >= 11 is 0. The number of nitrogens with one attached hydrogen (secondary N) is 3. The molecule has 4 aromatic carbocycles. The summed E-state index contributed by atoms with van der Waals surface area (Å²) in [6.07, 6.45) is 0.405. The summed E-state index contributed by atoms with van der Waals surface area (Å²) in [5.74, 6) is 0.0527. The number of H-pyrrole nitrogens is 2. The third-order valence-electron chi connectivity index (χ3n) is 9.69. The Morgan fingerprint density at radius 3 is 1.64 bits per heavy atom. The molecule has 50 heavy (non-hydrogen) atoms. The van der Waals surface area contributed by atoms with Crippen LogP contribution in [0.3, 0.4) is 0 Å². The van der Waals surface area contributed by atoms with Crippen molar-refractivity contribution in [3.8, 4) is 0 Å². The number of carbonyl (C=O) groups is 2. The maximum atomic E-state index is 14.2. The molecule has 1 atom stereocenters. The van der Waals surface area contributed by atoms with Crippen molar-refractivity contribution < 1.29 is 9.59 Å². The van der Waals surface area contributed by atoms with E-state index in [2.05, 4.69) is 27.4 Å². The fourth-order valence-electron chi connectivity index (χ4n) is 7.47. The maximum Gasteiger partial charge on any atom is 0.187 e. The lowest BCUT2D eigenvalue weighted by molar-refractivity contribution is -0.117. The van der Waals surface area contributed by atoms with Crippen LogP contribution < -0.4 is 16.0 Å². The first kappa shape index (κ1) is 29.6. The second kappa shape index (κ2) is 12.2. The van der Waals surface area contributed by atoms with Gasteiger partial charge >= 0.3 is 0 Å². The molecule has 6 nitrogen and oxygen atoms in total. The molecule has 240 valence electrons. The molecular weight excluding hydrogens is 617 g/mol. The van der Waals surface area contributed by atoms with Crippen LogP contribution in [0.2, 0.25) is 0 Å². The first-order valence-corrected chi connectivity index (χ1v) is 16.8. The lowest BCUT2D eigenvalue weighted by atomic mass is 9.96. The van der Waals surface area contributed by atoms with E-state index < -0.39 is 6.04 Å². The third-order valence-corrected chi connectivity index (χ3v) is 9.69. The fraction of sp³-hybridized carbons (Fsp3) is 0.0682. The fourth-order valence-corrected chi connectivity index (χ4v) is 7.47. The predicted octanol–water partition coefficient (Wildman–Crippen LogP) is 6.32. The topological polar surface area (TPSA) is 90.1 Å². The van der Waals surface area contributed by atoms with Crippen molar-refractivity contribution in [3.63, 3.8) is 0 Å². The number of hydrogen-bond acceptors (Lipinski definition) is 4. The molecule has 6 aromatic rings. The number of benzene rings is 4. The van der Waals surface area contributed by atoms with Crippen molar-refractivity contribution >= 4 is 39.6 Å². The molecule has 0 amide bonds. The number of allylic oxidation sites excluding steroid dienone is 2. The van der Waals surface area contributed by atoms with E-state index >= 15 is 0 Å². The van der Waals surface area contributed by atoms with Crippen molar-refractivity contribution in [1.82, 2.24) is 15.3 Å². The van der Waals surface area contributed by atoms with E-state index in [1.54, 1.807) is 0 Å². The number of ketones is 2. The average Bonchev–Trinajstić information content (AvgIpc) is 3.97. The van der Waals surface area contributed by atoms with Crippen LogP contribution in [0.15, 0.2) is 162 Å². The second-order valence-corrected chi connectivity index (χ2v) is 12.8. The predicted molar refractivity (Wildman–Crippen MR) is 197 cm³/mol. The average molecular weight is 649 g/mol. The number of aromatic amines is 2. The van der Waals surface area contributed by atoms with Crippen LogP contribution in [0, 0.1) is 0 Å². The molecule has 0 radical (unpaired) electrons. The zero-order valence-electron chi connectivity index (χ0n) is 27.1. The molecule has 1 fully saturated rings. The van der Waals surface area contributed by atoms with E-state index in [-0.39, 0.29) is 24.4 Å². The molecule has 0 spiro atoms. The minimum atomic E-state index is -0.586. The highest BCUT2D eigenvalue weighted by Crippen LogP contribution is 2.37. The largest absolute Gasteiger partial charge is 0.374 e. The summed E-state index contributed by atoms with van der Waals surface area (Å²) in [5.41, 5.74) is 10.7. The zero-order chi connectivity index (χ0) is 33.6. The van der Waals surface area contributed by atoms with Crippen LogP contribution in [-0.4, -0.2) is 33.3 Å². The van der Waals surface area contributed by atoms with Crippen LogP contribution in [-0.2, 0) is 9.59 Å². The van der Waals surface area contributed by atoms with Gasteiger partial charge in [-0.15, -0.1) is 0 Å². The zero-order valence-corrected chi connectivity index (χ0v) is 27.1. The summed E-state index contributed by atoms with van der Waals surface area (Å²) in [4.78, 5) is 40.9. The molecule has 3 N–H and O–H groups in total. The Balaban J connectivity index is 1.41. The molecule has 3 aliphatic rings. The highest BCUT2D eigenvalue weighted by Gasteiger charge is 2.35. The van der Waals surface area contributed by atoms with Crippen molar-refractivity contribution in [2.45, 2.75) is 18.9 Å². The normalized spacial score (nSPS) is 22.4. The van der Waals surface area contributed by atoms with Gasteiger partial charge in [0.2, 0.25) is 0 Å². The van der Waals surface area contributed by atoms with Crippen LogP contribution in [0.4, 0.5) is 0 Å². The molecule has 1 unspecified atom stereocenters. The highest BCUT2D eigenvalue weighted by molar-refractivity contribution is 6.35. The lowest BCUT2D eigenvalue weighted by Gasteiger charge is -2.17. The van der Waals surface area contributed by atoms with Gasteiger partial charge in [0, 0.05) is 56.5 Å². The van der Waals surface area contributed by atoms with E-state index in [9.17, 15) is 9.59 Å². The monoisotopic (exact) mass is 648 g/mol. The molecule has 1 saturated heterocycles. The Hall–Kier alpha value is -6.53. The first-order valence-electron chi connectivity index (χ1n) is 16.8. The Morgan fingerprint density at radius 1 is 0.500 bits per heavy atom. The lowest BCUT2D eigenvalue weighted by Crippen LogP contribution is -2.33. The van der Waals surface area contributed by atoms with E-state index in [1.807, 2.05) is 133 Å². The van der Waals surface area contributed by atoms with Gasteiger partial charge in [0.25, 0.3) is 0 Å². The molecule has 0 aliphatic carbocycles. The molecule has 9 rings (SSSR count). The summed E-state index contributed by atoms with van der Waals surface area (Å²) < 4.78 is 0. The van der Waals surface area contributed by atoms with Crippen molar-refractivity contribution in [1.29, 1.82) is 0 Å². The maximum absolute atomic E-state index is 14.2. The number of carbonyl (C=O) groups excluding carboxylic acids is 2. The number of hydrogen-bond donors (Lipinski definition) is 3. The first-order chi connectivity index (χ1) is 24.6. The molecule has 0 saturated carbocycles. The summed E-state index contributed by atoms with van der Waals surface area (Å²) in [6.45, 7) is 0.